The van der Waals surface area contributed by atoms with Crippen LogP contribution in [0.1, 0.15) is 24.2 Å². The molecule has 2 aromatic rings. The maximum Gasteiger partial charge on any atom is 0.257 e. The third kappa shape index (κ3) is 5.92. The zero-order chi connectivity index (χ0) is 19.3. The van der Waals surface area contributed by atoms with Crippen LogP contribution >= 0.6 is 47.0 Å². The van der Waals surface area contributed by atoms with Gasteiger partial charge in [0.1, 0.15) is 5.75 Å². The zero-order valence-corrected chi connectivity index (χ0v) is 17.0. The summed E-state index contributed by atoms with van der Waals surface area (Å²) in [7, 11) is 0. The highest BCUT2D eigenvalue weighted by atomic mass is 35.5. The molecule has 0 unspecified atom stereocenters. The van der Waals surface area contributed by atoms with Gasteiger partial charge in [0.05, 0.1) is 21.8 Å². The molecule has 0 atom stereocenters. The molecule has 0 fully saturated rings. The minimum absolute atomic E-state index is 0.0552. The summed E-state index contributed by atoms with van der Waals surface area (Å²) >= 11 is 23.0. The number of hydrazine groups is 1. The van der Waals surface area contributed by atoms with Crippen molar-refractivity contribution in [3.63, 3.8) is 0 Å². The van der Waals surface area contributed by atoms with E-state index < -0.39 is 0 Å². The maximum atomic E-state index is 12.2. The Bertz CT molecular complexity index is 790. The first kappa shape index (κ1) is 20.6. The third-order valence-electron chi connectivity index (χ3n) is 3.02. The molecule has 0 aliphatic rings. The first-order valence-corrected chi connectivity index (χ1v) is 9.09. The van der Waals surface area contributed by atoms with Crippen molar-refractivity contribution in [2.45, 2.75) is 20.0 Å². The van der Waals surface area contributed by atoms with Crippen LogP contribution in [0, 0.1) is 0 Å². The van der Waals surface area contributed by atoms with Crippen molar-refractivity contribution in [3.8, 4) is 5.75 Å². The Hall–Kier alpha value is -1.73. The molecule has 0 heterocycles. The standard InChI is InChI=1S/C17H16Cl3N3O2S/c1-9(2)25-12-5-3-10(4-6-12)16(24)21-17(26)23-22-15-13(19)7-11(18)8-14(15)20/h3-9,22H,1-2H3,(H2,21,23,24,26). The van der Waals surface area contributed by atoms with Crippen LogP contribution in [-0.2, 0) is 0 Å². The Morgan fingerprint density at radius 3 is 2.19 bits per heavy atom. The number of rotatable bonds is 5. The fourth-order valence-electron chi connectivity index (χ4n) is 1.94. The van der Waals surface area contributed by atoms with E-state index >= 15 is 0 Å². The fraction of sp³-hybridized carbons (Fsp3) is 0.176. The van der Waals surface area contributed by atoms with E-state index in [0.717, 1.165) is 0 Å². The van der Waals surface area contributed by atoms with Gasteiger partial charge in [0.2, 0.25) is 0 Å². The molecule has 0 aromatic heterocycles. The summed E-state index contributed by atoms with van der Waals surface area (Å²) in [5, 5.41) is 3.63. The van der Waals surface area contributed by atoms with Crippen LogP contribution < -0.4 is 20.9 Å². The maximum absolute atomic E-state index is 12.2. The topological polar surface area (TPSA) is 62.4 Å². The van der Waals surface area contributed by atoms with Crippen molar-refractivity contribution in [3.05, 3.63) is 57.0 Å². The predicted octanol–water partition coefficient (Wildman–Crippen LogP) is 5.07. The Kier molecular flexibility index (Phi) is 7.34. The van der Waals surface area contributed by atoms with Crippen LogP contribution in [0.2, 0.25) is 15.1 Å². The van der Waals surface area contributed by atoms with Gasteiger partial charge in [-0.15, -0.1) is 0 Å². The Morgan fingerprint density at radius 2 is 1.65 bits per heavy atom. The normalized spacial score (nSPS) is 10.4. The summed E-state index contributed by atoms with van der Waals surface area (Å²) in [6, 6.07) is 9.79. The van der Waals surface area contributed by atoms with Gasteiger partial charge in [-0.25, -0.2) is 0 Å². The van der Waals surface area contributed by atoms with Gasteiger partial charge in [-0.1, -0.05) is 34.8 Å². The molecule has 5 nitrogen and oxygen atoms in total. The van der Waals surface area contributed by atoms with Crippen LogP contribution in [-0.4, -0.2) is 17.1 Å². The number of nitrogens with one attached hydrogen (secondary N) is 3. The van der Waals surface area contributed by atoms with Gasteiger partial charge >= 0.3 is 0 Å². The number of anilines is 1. The molecule has 0 bridgehead atoms. The largest absolute Gasteiger partial charge is 0.491 e. The molecule has 2 rings (SSSR count). The molecule has 1 amide bonds. The second kappa shape index (κ2) is 9.28. The third-order valence-corrected chi connectivity index (χ3v) is 4.04. The van der Waals surface area contributed by atoms with Crippen molar-refractivity contribution in [2.24, 2.45) is 0 Å². The molecule has 0 radical (unpaired) electrons. The highest BCUT2D eigenvalue weighted by Gasteiger charge is 2.11. The molecule has 0 spiro atoms. The quantitative estimate of drug-likeness (QED) is 0.455. The summed E-state index contributed by atoms with van der Waals surface area (Å²) in [5.74, 6) is 0.319. The monoisotopic (exact) mass is 431 g/mol. The lowest BCUT2D eigenvalue weighted by molar-refractivity contribution is 0.0977. The predicted molar refractivity (Wildman–Crippen MR) is 111 cm³/mol. The number of halogens is 3. The summed E-state index contributed by atoms with van der Waals surface area (Å²) in [4.78, 5) is 12.2. The van der Waals surface area contributed by atoms with Crippen molar-refractivity contribution in [1.82, 2.24) is 10.7 Å². The molecular weight excluding hydrogens is 417 g/mol. The number of ether oxygens (including phenoxy) is 1. The van der Waals surface area contributed by atoms with Crippen LogP contribution in [0.5, 0.6) is 5.75 Å². The molecule has 2 aromatic carbocycles. The molecule has 0 aliphatic carbocycles. The van der Waals surface area contributed by atoms with Crippen LogP contribution in [0.3, 0.4) is 0 Å². The van der Waals surface area contributed by atoms with E-state index in [1.165, 1.54) is 12.1 Å². The van der Waals surface area contributed by atoms with Crippen molar-refractivity contribution < 1.29 is 9.53 Å². The number of hydrogen-bond donors (Lipinski definition) is 3. The highest BCUT2D eigenvalue weighted by Crippen LogP contribution is 2.33. The molecule has 3 N–H and O–H groups in total. The van der Waals surface area contributed by atoms with Gasteiger partial charge in [-0.05, 0) is 62.5 Å². The van der Waals surface area contributed by atoms with Gasteiger partial charge in [0.15, 0.2) is 5.11 Å². The van der Waals surface area contributed by atoms with E-state index in [1.807, 2.05) is 13.8 Å². The van der Waals surface area contributed by atoms with Crippen LogP contribution in [0.4, 0.5) is 5.69 Å². The average Bonchev–Trinajstić information content (AvgIpc) is 2.53. The second-order valence-electron chi connectivity index (χ2n) is 5.47. The van der Waals surface area contributed by atoms with E-state index in [9.17, 15) is 4.79 Å². The van der Waals surface area contributed by atoms with Gasteiger partial charge in [-0.2, -0.15) is 0 Å². The van der Waals surface area contributed by atoms with Gasteiger partial charge in [0, 0.05) is 10.6 Å². The number of amides is 1. The minimum atomic E-state index is -0.367. The number of benzene rings is 2. The number of carbonyl (C=O) groups excluding carboxylic acids is 1. The smallest absolute Gasteiger partial charge is 0.257 e. The summed E-state index contributed by atoms with van der Waals surface area (Å²) in [6.45, 7) is 3.86. The van der Waals surface area contributed by atoms with E-state index in [1.54, 1.807) is 24.3 Å². The van der Waals surface area contributed by atoms with Gasteiger partial charge < -0.3 is 4.74 Å². The Morgan fingerprint density at radius 1 is 1.08 bits per heavy atom. The minimum Gasteiger partial charge on any atom is -0.491 e. The lowest BCUT2D eigenvalue weighted by Gasteiger charge is -2.14. The van der Waals surface area contributed by atoms with Crippen LogP contribution in [0.15, 0.2) is 36.4 Å². The lowest BCUT2D eigenvalue weighted by Crippen LogP contribution is -2.42. The molecule has 0 saturated heterocycles. The lowest BCUT2D eigenvalue weighted by atomic mass is 10.2. The summed E-state index contributed by atoms with van der Waals surface area (Å²) < 4.78 is 5.53. The van der Waals surface area contributed by atoms with E-state index in [4.69, 9.17) is 51.8 Å². The zero-order valence-electron chi connectivity index (χ0n) is 13.9. The molecule has 0 saturated carbocycles. The highest BCUT2D eigenvalue weighted by molar-refractivity contribution is 7.80. The van der Waals surface area contributed by atoms with Crippen molar-refractivity contribution in [2.75, 3.05) is 5.43 Å². The number of carbonyl (C=O) groups is 1. The molecule has 0 aliphatic heterocycles. The van der Waals surface area contributed by atoms with E-state index in [-0.39, 0.29) is 17.1 Å². The Labute approximate surface area is 171 Å². The fourth-order valence-corrected chi connectivity index (χ4v) is 3.00. The first-order valence-electron chi connectivity index (χ1n) is 7.55. The van der Waals surface area contributed by atoms with Crippen molar-refractivity contribution >= 4 is 63.7 Å². The summed E-state index contributed by atoms with van der Waals surface area (Å²) in [6.07, 6.45) is 0.0593. The average molecular weight is 433 g/mol. The molecule has 26 heavy (non-hydrogen) atoms. The summed E-state index contributed by atoms with van der Waals surface area (Å²) in [5.41, 5.74) is 6.23. The van der Waals surface area contributed by atoms with E-state index in [2.05, 4.69) is 16.2 Å². The second-order valence-corrected chi connectivity index (χ2v) is 7.13. The molecule has 138 valence electrons. The SMILES string of the molecule is CC(C)Oc1ccc(C(=O)NC(=S)NNc2c(Cl)cc(Cl)cc2Cl)cc1. The van der Waals surface area contributed by atoms with E-state index in [0.29, 0.717) is 32.1 Å². The van der Waals surface area contributed by atoms with Gasteiger partial charge in [-0.3, -0.25) is 21.0 Å². The molecule has 9 heteroatoms. The number of thiocarbonyl (C=S) groups is 1. The molecular formula is C17H16Cl3N3O2S. The Balaban J connectivity index is 1.92. The van der Waals surface area contributed by atoms with Crippen LogP contribution in [0.25, 0.3) is 0 Å². The van der Waals surface area contributed by atoms with Gasteiger partial charge in [0.25, 0.3) is 5.91 Å². The number of hydrogen-bond acceptors (Lipinski definition) is 4. The van der Waals surface area contributed by atoms with Crippen molar-refractivity contribution in [1.29, 1.82) is 0 Å². The first-order chi connectivity index (χ1) is 12.3.